The minimum absolute atomic E-state index is 0.0547. The summed E-state index contributed by atoms with van der Waals surface area (Å²) in [4.78, 5) is 24.8. The number of aromatic nitrogens is 1. The lowest BCUT2D eigenvalue weighted by Crippen LogP contribution is -2.44. The number of methoxy groups -OCH3 is 1. The van der Waals surface area contributed by atoms with Crippen molar-refractivity contribution in [1.82, 2.24) is 10.5 Å². The standard InChI is InChI=1S/C19H21F3N2O4/c1-11(9-14(25)12-5-7-13(27-4)8-6-12)17(26)23-18(2,3)15-10-16(28-24-15)19(20,21)22/h5-8,10-11H,9H2,1-4H3,(H,23,26). The maximum absolute atomic E-state index is 12.7. The summed E-state index contributed by atoms with van der Waals surface area (Å²) >= 11 is 0. The molecule has 1 amide bonds. The van der Waals surface area contributed by atoms with Crippen LogP contribution < -0.4 is 10.1 Å². The average Bonchev–Trinajstić information content (AvgIpc) is 3.13. The van der Waals surface area contributed by atoms with Gasteiger partial charge in [-0.15, -0.1) is 0 Å². The molecular weight excluding hydrogens is 377 g/mol. The lowest BCUT2D eigenvalue weighted by Gasteiger charge is -2.25. The molecule has 1 aromatic heterocycles. The second-order valence-corrected chi connectivity index (χ2v) is 6.95. The van der Waals surface area contributed by atoms with Gasteiger partial charge < -0.3 is 14.6 Å². The predicted molar refractivity (Wildman–Crippen MR) is 93.8 cm³/mol. The number of halogens is 3. The fraction of sp³-hybridized carbons (Fsp3) is 0.421. The van der Waals surface area contributed by atoms with Crippen molar-refractivity contribution in [2.24, 2.45) is 5.92 Å². The summed E-state index contributed by atoms with van der Waals surface area (Å²) in [5.74, 6) is -2.04. The molecule has 0 spiro atoms. The number of ketones is 1. The number of rotatable bonds is 7. The van der Waals surface area contributed by atoms with E-state index in [-0.39, 0.29) is 17.9 Å². The second-order valence-electron chi connectivity index (χ2n) is 6.95. The normalized spacial score (nSPS) is 13.1. The number of hydrogen-bond donors (Lipinski definition) is 1. The van der Waals surface area contributed by atoms with Crippen LogP contribution in [0.25, 0.3) is 0 Å². The molecular formula is C19H21F3N2O4. The lowest BCUT2D eigenvalue weighted by atomic mass is 9.95. The average molecular weight is 398 g/mol. The highest BCUT2D eigenvalue weighted by Gasteiger charge is 2.38. The van der Waals surface area contributed by atoms with Gasteiger partial charge in [-0.3, -0.25) is 9.59 Å². The molecule has 0 aliphatic heterocycles. The van der Waals surface area contributed by atoms with Crippen LogP contribution in [0.5, 0.6) is 5.75 Å². The molecule has 1 unspecified atom stereocenters. The molecule has 1 aromatic carbocycles. The van der Waals surface area contributed by atoms with Crippen LogP contribution in [0.4, 0.5) is 13.2 Å². The van der Waals surface area contributed by atoms with Crippen molar-refractivity contribution in [3.05, 3.63) is 47.3 Å². The summed E-state index contributed by atoms with van der Waals surface area (Å²) in [5, 5.41) is 6.01. The summed E-state index contributed by atoms with van der Waals surface area (Å²) in [6, 6.07) is 7.23. The summed E-state index contributed by atoms with van der Waals surface area (Å²) < 4.78 is 47.3. The highest BCUT2D eigenvalue weighted by molar-refractivity contribution is 5.98. The molecule has 0 saturated heterocycles. The van der Waals surface area contributed by atoms with E-state index in [0.29, 0.717) is 11.3 Å². The Hall–Kier alpha value is -2.84. The SMILES string of the molecule is COc1ccc(C(=O)CC(C)C(=O)NC(C)(C)c2cc(C(F)(F)F)on2)cc1. The summed E-state index contributed by atoms with van der Waals surface area (Å²) in [6.07, 6.45) is -4.72. The largest absolute Gasteiger partial charge is 0.497 e. The van der Waals surface area contributed by atoms with Crippen molar-refractivity contribution in [3.8, 4) is 5.75 Å². The number of nitrogens with one attached hydrogen (secondary N) is 1. The number of nitrogens with zero attached hydrogens (tertiary/aromatic N) is 1. The van der Waals surface area contributed by atoms with Crippen LogP contribution in [0.3, 0.4) is 0 Å². The molecule has 2 rings (SSSR count). The van der Waals surface area contributed by atoms with Gasteiger partial charge in [0.1, 0.15) is 11.4 Å². The molecule has 9 heteroatoms. The molecule has 0 radical (unpaired) electrons. The monoisotopic (exact) mass is 398 g/mol. The summed E-state index contributed by atoms with van der Waals surface area (Å²) in [5.41, 5.74) is -0.838. The Morgan fingerprint density at radius 2 is 1.82 bits per heavy atom. The third-order valence-corrected chi connectivity index (χ3v) is 4.22. The van der Waals surface area contributed by atoms with Crippen molar-refractivity contribution in [2.75, 3.05) is 7.11 Å². The van der Waals surface area contributed by atoms with Gasteiger partial charge in [0.25, 0.3) is 0 Å². The minimum Gasteiger partial charge on any atom is -0.497 e. The number of benzene rings is 1. The van der Waals surface area contributed by atoms with Crippen molar-refractivity contribution in [2.45, 2.75) is 38.9 Å². The fourth-order valence-electron chi connectivity index (χ4n) is 2.46. The van der Waals surface area contributed by atoms with E-state index < -0.39 is 29.3 Å². The molecule has 0 aliphatic rings. The van der Waals surface area contributed by atoms with Gasteiger partial charge in [0, 0.05) is 24.0 Å². The van der Waals surface area contributed by atoms with E-state index in [9.17, 15) is 22.8 Å². The van der Waals surface area contributed by atoms with Gasteiger partial charge in [-0.05, 0) is 38.1 Å². The van der Waals surface area contributed by atoms with Gasteiger partial charge in [-0.25, -0.2) is 0 Å². The maximum Gasteiger partial charge on any atom is 0.452 e. The van der Waals surface area contributed by atoms with Crippen LogP contribution >= 0.6 is 0 Å². The zero-order valence-corrected chi connectivity index (χ0v) is 15.9. The molecule has 6 nitrogen and oxygen atoms in total. The zero-order valence-electron chi connectivity index (χ0n) is 15.9. The number of Topliss-reactive ketones (excluding diaryl/α,β-unsaturated/α-hetero) is 1. The third-order valence-electron chi connectivity index (χ3n) is 4.22. The first-order chi connectivity index (χ1) is 12.9. The Balaban J connectivity index is 2.01. The quantitative estimate of drug-likeness (QED) is 0.714. The highest BCUT2D eigenvalue weighted by Crippen LogP contribution is 2.32. The Morgan fingerprint density at radius 1 is 1.21 bits per heavy atom. The minimum atomic E-state index is -4.66. The van der Waals surface area contributed by atoms with Crippen LogP contribution in [-0.4, -0.2) is 24.0 Å². The van der Waals surface area contributed by atoms with Crippen molar-refractivity contribution in [1.29, 1.82) is 0 Å². The third kappa shape index (κ3) is 5.11. The van der Waals surface area contributed by atoms with Crippen molar-refractivity contribution >= 4 is 11.7 Å². The number of amides is 1. The first-order valence-corrected chi connectivity index (χ1v) is 8.47. The van der Waals surface area contributed by atoms with Gasteiger partial charge in [-0.1, -0.05) is 12.1 Å². The lowest BCUT2D eigenvalue weighted by molar-refractivity contribution is -0.155. The van der Waals surface area contributed by atoms with E-state index in [4.69, 9.17) is 4.74 Å². The van der Waals surface area contributed by atoms with Gasteiger partial charge in [-0.2, -0.15) is 13.2 Å². The Bertz CT molecular complexity index is 842. The van der Waals surface area contributed by atoms with Crippen LogP contribution in [0.2, 0.25) is 0 Å². The van der Waals surface area contributed by atoms with Gasteiger partial charge in [0.15, 0.2) is 5.78 Å². The van der Waals surface area contributed by atoms with E-state index in [1.807, 2.05) is 0 Å². The number of carbonyl (C=O) groups excluding carboxylic acids is 2. The number of ether oxygens (including phenoxy) is 1. The molecule has 152 valence electrons. The van der Waals surface area contributed by atoms with E-state index in [1.165, 1.54) is 21.0 Å². The van der Waals surface area contributed by atoms with Gasteiger partial charge in [0.05, 0.1) is 12.6 Å². The van der Waals surface area contributed by atoms with E-state index in [2.05, 4.69) is 15.0 Å². The Labute approximate surface area is 160 Å². The van der Waals surface area contributed by atoms with Crippen molar-refractivity contribution in [3.63, 3.8) is 0 Å². The Kier molecular flexibility index (Phi) is 6.16. The van der Waals surface area contributed by atoms with Crippen LogP contribution in [-0.2, 0) is 16.5 Å². The number of carbonyl (C=O) groups is 2. The van der Waals surface area contributed by atoms with Crippen LogP contribution in [0.15, 0.2) is 34.9 Å². The maximum atomic E-state index is 12.7. The molecule has 2 aromatic rings. The molecule has 0 fully saturated rings. The molecule has 0 saturated carbocycles. The molecule has 1 N–H and O–H groups in total. The molecule has 0 aliphatic carbocycles. The van der Waals surface area contributed by atoms with E-state index >= 15 is 0 Å². The molecule has 1 atom stereocenters. The summed E-state index contributed by atoms with van der Waals surface area (Å²) in [7, 11) is 1.51. The van der Waals surface area contributed by atoms with Crippen LogP contribution in [0, 0.1) is 5.92 Å². The van der Waals surface area contributed by atoms with Gasteiger partial charge >= 0.3 is 6.18 Å². The van der Waals surface area contributed by atoms with E-state index in [1.54, 1.807) is 31.2 Å². The molecule has 28 heavy (non-hydrogen) atoms. The molecule has 0 bridgehead atoms. The van der Waals surface area contributed by atoms with Crippen molar-refractivity contribution < 1.29 is 32.0 Å². The highest BCUT2D eigenvalue weighted by atomic mass is 19.4. The first-order valence-electron chi connectivity index (χ1n) is 8.47. The van der Waals surface area contributed by atoms with Gasteiger partial charge in [0.2, 0.25) is 11.7 Å². The topological polar surface area (TPSA) is 81.4 Å². The predicted octanol–water partition coefficient (Wildman–Crippen LogP) is 3.96. The zero-order chi connectivity index (χ0) is 21.1. The second kappa shape index (κ2) is 8.04. The van der Waals surface area contributed by atoms with Crippen LogP contribution in [0.1, 0.15) is 49.0 Å². The molecule has 1 heterocycles. The smallest absolute Gasteiger partial charge is 0.452 e. The number of alkyl halides is 3. The number of hydrogen-bond acceptors (Lipinski definition) is 5. The van der Waals surface area contributed by atoms with E-state index in [0.717, 1.165) is 6.07 Å². The first kappa shape index (κ1) is 21.5. The fourth-order valence-corrected chi connectivity index (χ4v) is 2.46. The summed E-state index contributed by atoms with van der Waals surface area (Å²) in [6.45, 7) is 4.57. The Morgan fingerprint density at radius 3 is 2.32 bits per heavy atom.